The third-order valence-corrected chi connectivity index (χ3v) is 3.73. The lowest BCUT2D eigenvalue weighted by molar-refractivity contribution is -0.159. The highest BCUT2D eigenvalue weighted by Crippen LogP contribution is 2.37. The Bertz CT molecular complexity index is 341. The van der Waals surface area contributed by atoms with Crippen LogP contribution in [0.25, 0.3) is 0 Å². The summed E-state index contributed by atoms with van der Waals surface area (Å²) in [4.78, 5) is 24.5. The van der Waals surface area contributed by atoms with Crippen molar-refractivity contribution >= 4 is 12.1 Å². The number of hydrogen-bond donors (Lipinski definition) is 0. The normalized spacial score (nSPS) is 30.5. The third kappa shape index (κ3) is 2.66. The standard InChI is InChI=1S/C13H19NO4/c1-3-17-13(16)14-7-10-5-4-6-11(8-14)12(10)18-9(2)15/h3,10-12H,1,4-8H2,2H3. The summed E-state index contributed by atoms with van der Waals surface area (Å²) in [6.07, 6.45) is 3.87. The lowest BCUT2D eigenvalue weighted by atomic mass is 9.75. The fourth-order valence-corrected chi connectivity index (χ4v) is 3.07. The van der Waals surface area contributed by atoms with Crippen LogP contribution >= 0.6 is 0 Å². The SMILES string of the molecule is C=COC(=O)N1CC2CCCC(C1)C2OC(C)=O. The number of nitrogens with zero attached hydrogens (tertiary/aromatic N) is 1. The number of hydrogen-bond acceptors (Lipinski definition) is 4. The van der Waals surface area contributed by atoms with E-state index in [1.165, 1.54) is 6.92 Å². The first kappa shape index (κ1) is 12.9. The molecule has 2 fully saturated rings. The molecular formula is C13H19NO4. The van der Waals surface area contributed by atoms with Crippen molar-refractivity contribution in [2.75, 3.05) is 13.1 Å². The molecule has 1 aliphatic carbocycles. The highest BCUT2D eigenvalue weighted by Gasteiger charge is 2.43. The number of carbonyl (C=O) groups is 2. The number of carbonyl (C=O) groups excluding carboxylic acids is 2. The number of likely N-dealkylation sites (tertiary alicyclic amines) is 1. The van der Waals surface area contributed by atoms with E-state index in [2.05, 4.69) is 6.58 Å². The molecule has 0 radical (unpaired) electrons. The van der Waals surface area contributed by atoms with Crippen molar-refractivity contribution in [1.29, 1.82) is 0 Å². The van der Waals surface area contributed by atoms with Crippen LogP contribution in [0.4, 0.5) is 4.79 Å². The molecule has 2 unspecified atom stereocenters. The second-order valence-electron chi connectivity index (χ2n) is 4.98. The quantitative estimate of drug-likeness (QED) is 0.557. The number of fused-ring (bicyclic) bond motifs is 2. The largest absolute Gasteiger partial charge is 0.462 e. The van der Waals surface area contributed by atoms with Gasteiger partial charge >= 0.3 is 12.1 Å². The summed E-state index contributed by atoms with van der Waals surface area (Å²) < 4.78 is 10.2. The van der Waals surface area contributed by atoms with Crippen molar-refractivity contribution in [2.24, 2.45) is 11.8 Å². The maximum atomic E-state index is 11.7. The molecule has 2 bridgehead atoms. The van der Waals surface area contributed by atoms with Gasteiger partial charge in [-0.05, 0) is 12.8 Å². The van der Waals surface area contributed by atoms with E-state index in [1.54, 1.807) is 4.90 Å². The van der Waals surface area contributed by atoms with Crippen LogP contribution in [0.1, 0.15) is 26.2 Å². The van der Waals surface area contributed by atoms with E-state index in [-0.39, 0.29) is 30.0 Å². The molecule has 2 atom stereocenters. The van der Waals surface area contributed by atoms with Gasteiger partial charge < -0.3 is 14.4 Å². The van der Waals surface area contributed by atoms with Crippen LogP contribution in [0, 0.1) is 11.8 Å². The molecule has 1 amide bonds. The van der Waals surface area contributed by atoms with E-state index in [0.717, 1.165) is 25.5 Å². The monoisotopic (exact) mass is 253 g/mol. The Hall–Kier alpha value is -1.52. The summed E-state index contributed by atoms with van der Waals surface area (Å²) in [5, 5.41) is 0. The molecule has 2 rings (SSSR count). The van der Waals surface area contributed by atoms with Crippen molar-refractivity contribution in [3.63, 3.8) is 0 Å². The fraction of sp³-hybridized carbons (Fsp3) is 0.692. The van der Waals surface area contributed by atoms with Gasteiger partial charge in [-0.1, -0.05) is 13.0 Å². The Balaban J connectivity index is 2.03. The van der Waals surface area contributed by atoms with E-state index < -0.39 is 0 Å². The first-order chi connectivity index (χ1) is 8.61. The van der Waals surface area contributed by atoms with Gasteiger partial charge in [0.1, 0.15) is 6.10 Å². The van der Waals surface area contributed by atoms with Crippen molar-refractivity contribution in [3.05, 3.63) is 12.8 Å². The number of piperidine rings is 1. The van der Waals surface area contributed by atoms with Gasteiger partial charge in [0.15, 0.2) is 0 Å². The minimum absolute atomic E-state index is 0.0379. The van der Waals surface area contributed by atoms with Crippen LogP contribution < -0.4 is 0 Å². The molecule has 5 nitrogen and oxygen atoms in total. The minimum atomic E-state index is -0.358. The molecule has 0 N–H and O–H groups in total. The summed E-state index contributed by atoms with van der Waals surface area (Å²) in [7, 11) is 0. The van der Waals surface area contributed by atoms with E-state index in [0.29, 0.717) is 13.1 Å². The van der Waals surface area contributed by atoms with E-state index in [9.17, 15) is 9.59 Å². The van der Waals surface area contributed by atoms with E-state index in [1.807, 2.05) is 0 Å². The van der Waals surface area contributed by atoms with Crippen molar-refractivity contribution < 1.29 is 19.1 Å². The first-order valence-electron chi connectivity index (χ1n) is 6.35. The first-order valence-corrected chi connectivity index (χ1v) is 6.35. The molecular weight excluding hydrogens is 234 g/mol. The number of amides is 1. The van der Waals surface area contributed by atoms with Gasteiger partial charge in [-0.15, -0.1) is 0 Å². The predicted octanol–water partition coefficient (Wildman–Crippen LogP) is 1.93. The number of ether oxygens (including phenoxy) is 2. The maximum absolute atomic E-state index is 11.7. The summed E-state index contributed by atoms with van der Waals surface area (Å²) in [5.74, 6) is 0.233. The van der Waals surface area contributed by atoms with Crippen LogP contribution in [0.3, 0.4) is 0 Å². The topological polar surface area (TPSA) is 55.8 Å². The molecule has 0 aromatic carbocycles. The molecule has 0 spiro atoms. The molecule has 18 heavy (non-hydrogen) atoms. The molecule has 100 valence electrons. The van der Waals surface area contributed by atoms with Gasteiger partial charge in [-0.2, -0.15) is 0 Å². The number of rotatable bonds is 2. The Morgan fingerprint density at radius 1 is 1.28 bits per heavy atom. The molecule has 0 aromatic heterocycles. The van der Waals surface area contributed by atoms with Gasteiger partial charge in [-0.3, -0.25) is 4.79 Å². The van der Waals surface area contributed by atoms with E-state index >= 15 is 0 Å². The highest BCUT2D eigenvalue weighted by molar-refractivity contribution is 5.69. The molecule has 1 aliphatic heterocycles. The van der Waals surface area contributed by atoms with Crippen LogP contribution in [0.5, 0.6) is 0 Å². The Labute approximate surface area is 107 Å². The van der Waals surface area contributed by atoms with Crippen LogP contribution in [-0.2, 0) is 14.3 Å². The van der Waals surface area contributed by atoms with Gasteiger partial charge in [0.25, 0.3) is 0 Å². The van der Waals surface area contributed by atoms with Crippen LogP contribution in [-0.4, -0.2) is 36.2 Å². The summed E-state index contributed by atoms with van der Waals surface area (Å²) in [6.45, 7) is 6.02. The third-order valence-electron chi connectivity index (χ3n) is 3.73. The molecule has 5 heteroatoms. The maximum Gasteiger partial charge on any atom is 0.414 e. The zero-order chi connectivity index (χ0) is 13.1. The predicted molar refractivity (Wildman–Crippen MR) is 64.6 cm³/mol. The average molecular weight is 253 g/mol. The highest BCUT2D eigenvalue weighted by atomic mass is 16.6. The lowest BCUT2D eigenvalue weighted by Crippen LogP contribution is -2.54. The fourth-order valence-electron chi connectivity index (χ4n) is 3.07. The summed E-state index contributed by atoms with van der Waals surface area (Å²) in [6, 6.07) is 0. The van der Waals surface area contributed by atoms with Crippen molar-refractivity contribution in [1.82, 2.24) is 4.90 Å². The van der Waals surface area contributed by atoms with Crippen LogP contribution in [0.15, 0.2) is 12.8 Å². The summed E-state index contributed by atoms with van der Waals surface area (Å²) >= 11 is 0. The smallest absolute Gasteiger partial charge is 0.414 e. The van der Waals surface area contributed by atoms with Gasteiger partial charge in [0, 0.05) is 31.8 Å². The average Bonchev–Trinajstić information content (AvgIpc) is 2.27. The second-order valence-corrected chi connectivity index (χ2v) is 4.98. The minimum Gasteiger partial charge on any atom is -0.462 e. The zero-order valence-corrected chi connectivity index (χ0v) is 10.6. The van der Waals surface area contributed by atoms with Gasteiger partial charge in [0.05, 0.1) is 6.26 Å². The van der Waals surface area contributed by atoms with E-state index in [4.69, 9.17) is 9.47 Å². The van der Waals surface area contributed by atoms with Crippen LogP contribution in [0.2, 0.25) is 0 Å². The Morgan fingerprint density at radius 3 is 2.39 bits per heavy atom. The van der Waals surface area contributed by atoms with Gasteiger partial charge in [0.2, 0.25) is 0 Å². The van der Waals surface area contributed by atoms with Crippen molar-refractivity contribution in [2.45, 2.75) is 32.3 Å². The molecule has 1 heterocycles. The lowest BCUT2D eigenvalue weighted by Gasteiger charge is -2.45. The second kappa shape index (κ2) is 5.42. The molecule has 1 saturated heterocycles. The Kier molecular flexibility index (Phi) is 3.89. The zero-order valence-electron chi connectivity index (χ0n) is 10.6. The Morgan fingerprint density at radius 2 is 1.89 bits per heavy atom. The summed E-state index contributed by atoms with van der Waals surface area (Å²) in [5.41, 5.74) is 0. The molecule has 2 aliphatic rings. The van der Waals surface area contributed by atoms with Crippen molar-refractivity contribution in [3.8, 4) is 0 Å². The molecule has 0 aromatic rings. The molecule has 1 saturated carbocycles. The number of esters is 1. The van der Waals surface area contributed by atoms with Gasteiger partial charge in [-0.25, -0.2) is 4.79 Å².